The number of thioether (sulfide) groups is 1. The monoisotopic (exact) mass is 309 g/mol. The van der Waals surface area contributed by atoms with Crippen molar-refractivity contribution >= 4 is 17.7 Å². The normalized spacial score (nSPS) is 19.4. The summed E-state index contributed by atoms with van der Waals surface area (Å²) in [5.74, 6) is 2.17. The lowest BCUT2D eigenvalue weighted by Gasteiger charge is -2.34. The number of carboxylic acid groups (broad SMARTS) is 1. The van der Waals surface area contributed by atoms with Crippen molar-refractivity contribution in [2.75, 3.05) is 24.7 Å². The highest BCUT2D eigenvalue weighted by Crippen LogP contribution is 2.22. The van der Waals surface area contributed by atoms with Gasteiger partial charge in [-0.15, -0.1) is 0 Å². The first kappa shape index (κ1) is 16.2. The van der Waals surface area contributed by atoms with Crippen LogP contribution in [-0.4, -0.2) is 46.7 Å². The quantitative estimate of drug-likeness (QED) is 0.839. The number of ether oxygens (including phenoxy) is 1. The highest BCUT2D eigenvalue weighted by atomic mass is 32.2. The van der Waals surface area contributed by atoms with Crippen molar-refractivity contribution in [3.05, 3.63) is 29.8 Å². The van der Waals surface area contributed by atoms with Crippen LogP contribution in [0.1, 0.15) is 25.3 Å². The molecule has 1 aromatic carbocycles. The van der Waals surface area contributed by atoms with Crippen LogP contribution in [0.3, 0.4) is 0 Å². The number of benzene rings is 1. The average Bonchev–Trinajstić information content (AvgIpc) is 2.48. The van der Waals surface area contributed by atoms with Gasteiger partial charge in [-0.05, 0) is 24.1 Å². The fourth-order valence-electron chi connectivity index (χ4n) is 2.43. The van der Waals surface area contributed by atoms with Crippen LogP contribution in [0.5, 0.6) is 5.75 Å². The van der Waals surface area contributed by atoms with Gasteiger partial charge in [-0.25, -0.2) is 0 Å². The first-order valence-corrected chi connectivity index (χ1v) is 8.60. The molecule has 0 amide bonds. The summed E-state index contributed by atoms with van der Waals surface area (Å²) in [5.41, 5.74) is 1.21. The van der Waals surface area contributed by atoms with Crippen molar-refractivity contribution in [2.45, 2.75) is 32.4 Å². The second kappa shape index (κ2) is 8.29. The van der Waals surface area contributed by atoms with E-state index in [0.29, 0.717) is 0 Å². The fraction of sp³-hybridized carbons (Fsp3) is 0.562. The van der Waals surface area contributed by atoms with Gasteiger partial charge in [-0.2, -0.15) is 11.8 Å². The van der Waals surface area contributed by atoms with E-state index in [1.165, 1.54) is 5.56 Å². The molecule has 0 spiro atoms. The fourth-order valence-corrected chi connectivity index (χ4v) is 3.56. The van der Waals surface area contributed by atoms with Crippen molar-refractivity contribution in [3.63, 3.8) is 0 Å². The van der Waals surface area contributed by atoms with E-state index in [9.17, 15) is 4.79 Å². The molecule has 21 heavy (non-hydrogen) atoms. The zero-order valence-electron chi connectivity index (χ0n) is 12.5. The Morgan fingerprint density at radius 3 is 2.86 bits per heavy atom. The number of rotatable bonds is 7. The molecule has 1 unspecified atom stereocenters. The molecular weight excluding hydrogens is 286 g/mol. The van der Waals surface area contributed by atoms with E-state index in [-0.39, 0.29) is 12.5 Å². The van der Waals surface area contributed by atoms with Crippen LogP contribution in [0.2, 0.25) is 0 Å². The van der Waals surface area contributed by atoms with Gasteiger partial charge in [0.05, 0.1) is 13.0 Å². The highest BCUT2D eigenvalue weighted by molar-refractivity contribution is 7.99. The van der Waals surface area contributed by atoms with Crippen LogP contribution in [0.25, 0.3) is 0 Å². The number of nitrogens with zero attached hydrogens (tertiary/aromatic N) is 1. The topological polar surface area (TPSA) is 49.8 Å². The molecular formula is C16H23NO3S. The predicted octanol–water partition coefficient (Wildman–Crippen LogP) is 2.87. The van der Waals surface area contributed by atoms with Crippen molar-refractivity contribution in [3.8, 4) is 5.75 Å². The van der Waals surface area contributed by atoms with Gasteiger partial charge in [0.15, 0.2) is 0 Å². The van der Waals surface area contributed by atoms with Crippen molar-refractivity contribution < 1.29 is 14.6 Å². The van der Waals surface area contributed by atoms with E-state index in [1.807, 2.05) is 23.9 Å². The van der Waals surface area contributed by atoms with Gasteiger partial charge < -0.3 is 9.84 Å². The lowest BCUT2D eigenvalue weighted by molar-refractivity contribution is -0.138. The van der Waals surface area contributed by atoms with Crippen LogP contribution in [-0.2, 0) is 11.3 Å². The number of carbonyl (C=O) groups is 1. The van der Waals surface area contributed by atoms with E-state index in [4.69, 9.17) is 9.84 Å². The van der Waals surface area contributed by atoms with Crippen LogP contribution in [0.15, 0.2) is 24.3 Å². The van der Waals surface area contributed by atoms with Crippen molar-refractivity contribution in [2.24, 2.45) is 0 Å². The Morgan fingerprint density at radius 1 is 1.43 bits per heavy atom. The van der Waals surface area contributed by atoms with Gasteiger partial charge in [0, 0.05) is 30.6 Å². The van der Waals surface area contributed by atoms with Crippen LogP contribution >= 0.6 is 11.8 Å². The molecule has 1 N–H and O–H groups in total. The van der Waals surface area contributed by atoms with Gasteiger partial charge in [-0.1, -0.05) is 19.1 Å². The molecule has 1 aromatic rings. The Labute approximate surface area is 130 Å². The molecule has 1 aliphatic rings. The molecule has 4 nitrogen and oxygen atoms in total. The number of hydrogen-bond donors (Lipinski definition) is 1. The van der Waals surface area contributed by atoms with Crippen LogP contribution in [0.4, 0.5) is 0 Å². The molecule has 5 heteroatoms. The Hall–Kier alpha value is -1.20. The van der Waals surface area contributed by atoms with E-state index >= 15 is 0 Å². The SMILES string of the molecule is CCCOc1ccc(CN2CCSCC2CC(=O)O)cc1. The standard InChI is InChI=1S/C16H23NO3S/c1-2-8-20-15-5-3-13(4-6-15)11-17-7-9-21-12-14(17)10-16(18)19/h3-6,14H,2,7-12H2,1H3,(H,18,19). The molecule has 2 rings (SSSR count). The lowest BCUT2D eigenvalue weighted by Crippen LogP contribution is -2.42. The predicted molar refractivity (Wildman–Crippen MR) is 86.0 cm³/mol. The number of aliphatic carboxylic acids is 1. The smallest absolute Gasteiger partial charge is 0.304 e. The van der Waals surface area contributed by atoms with E-state index in [2.05, 4.69) is 24.0 Å². The second-order valence-electron chi connectivity index (χ2n) is 5.29. The number of carboxylic acids is 1. The summed E-state index contributed by atoms with van der Waals surface area (Å²) in [6.45, 7) is 4.60. The Bertz CT molecular complexity index is 449. The molecule has 0 aromatic heterocycles. The van der Waals surface area contributed by atoms with Gasteiger partial charge in [0.25, 0.3) is 0 Å². The van der Waals surface area contributed by atoms with E-state index < -0.39 is 5.97 Å². The molecule has 1 heterocycles. The summed E-state index contributed by atoms with van der Waals surface area (Å²) in [7, 11) is 0. The minimum absolute atomic E-state index is 0.136. The molecule has 0 bridgehead atoms. The van der Waals surface area contributed by atoms with Gasteiger partial charge in [-0.3, -0.25) is 9.69 Å². The molecule has 1 aliphatic heterocycles. The largest absolute Gasteiger partial charge is 0.494 e. The summed E-state index contributed by atoms with van der Waals surface area (Å²) in [4.78, 5) is 13.2. The maximum atomic E-state index is 11.0. The molecule has 1 saturated heterocycles. The Kier molecular flexibility index (Phi) is 6.39. The lowest BCUT2D eigenvalue weighted by atomic mass is 10.1. The third-order valence-corrected chi connectivity index (χ3v) is 4.63. The average molecular weight is 309 g/mol. The van der Waals surface area contributed by atoms with Crippen LogP contribution in [0, 0.1) is 0 Å². The van der Waals surface area contributed by atoms with Crippen molar-refractivity contribution in [1.29, 1.82) is 0 Å². The molecule has 0 saturated carbocycles. The summed E-state index contributed by atoms with van der Waals surface area (Å²) in [6, 6.07) is 8.28. The highest BCUT2D eigenvalue weighted by Gasteiger charge is 2.24. The summed E-state index contributed by atoms with van der Waals surface area (Å²) in [5, 5.41) is 9.02. The second-order valence-corrected chi connectivity index (χ2v) is 6.44. The number of hydrogen-bond acceptors (Lipinski definition) is 4. The molecule has 116 valence electrons. The van der Waals surface area contributed by atoms with Gasteiger partial charge >= 0.3 is 5.97 Å². The van der Waals surface area contributed by atoms with Gasteiger partial charge in [0.2, 0.25) is 0 Å². The molecule has 1 fully saturated rings. The maximum Gasteiger partial charge on any atom is 0.304 e. The van der Waals surface area contributed by atoms with Crippen molar-refractivity contribution in [1.82, 2.24) is 4.90 Å². The maximum absolute atomic E-state index is 11.0. The summed E-state index contributed by atoms with van der Waals surface area (Å²) < 4.78 is 5.58. The first-order chi connectivity index (χ1) is 10.2. The molecule has 0 aliphatic carbocycles. The zero-order valence-corrected chi connectivity index (χ0v) is 13.3. The summed E-state index contributed by atoms with van der Waals surface area (Å²) >= 11 is 1.85. The molecule has 1 atom stereocenters. The third kappa shape index (κ3) is 5.25. The Morgan fingerprint density at radius 2 is 2.19 bits per heavy atom. The summed E-state index contributed by atoms with van der Waals surface area (Å²) in [6.07, 6.45) is 1.23. The molecule has 0 radical (unpaired) electrons. The van der Waals surface area contributed by atoms with E-state index in [1.54, 1.807) is 0 Å². The first-order valence-electron chi connectivity index (χ1n) is 7.44. The minimum Gasteiger partial charge on any atom is -0.494 e. The Balaban J connectivity index is 1.93. The van der Waals surface area contributed by atoms with E-state index in [0.717, 1.165) is 43.4 Å². The minimum atomic E-state index is -0.712. The van der Waals surface area contributed by atoms with Crippen LogP contribution < -0.4 is 4.74 Å². The third-order valence-electron chi connectivity index (χ3n) is 3.54. The zero-order chi connectivity index (χ0) is 15.1. The van der Waals surface area contributed by atoms with Gasteiger partial charge in [0.1, 0.15) is 5.75 Å².